The van der Waals surface area contributed by atoms with Crippen molar-refractivity contribution in [3.8, 4) is 0 Å². The first-order valence-electron chi connectivity index (χ1n) is 5.59. The highest BCUT2D eigenvalue weighted by Gasteiger charge is 2.53. The minimum absolute atomic E-state index is 0.344. The average molecular weight is 486 g/mol. The number of rotatable bonds is 2. The summed E-state index contributed by atoms with van der Waals surface area (Å²) >= 11 is 4.45. The number of hydrogen-bond donors (Lipinski definition) is 0. The van der Waals surface area contributed by atoms with Crippen molar-refractivity contribution in [3.63, 3.8) is 0 Å². The van der Waals surface area contributed by atoms with E-state index in [0.717, 1.165) is 18.3 Å². The summed E-state index contributed by atoms with van der Waals surface area (Å²) in [4.78, 5) is 24.2. The average Bonchev–Trinajstić information content (AvgIpc) is 2.84. The maximum absolute atomic E-state index is 12.1. The molecule has 19 heavy (non-hydrogen) atoms. The molecule has 0 aliphatic heterocycles. The highest BCUT2D eigenvalue weighted by atomic mass is 127. The van der Waals surface area contributed by atoms with Crippen molar-refractivity contribution < 1.29 is 19.1 Å². The van der Waals surface area contributed by atoms with E-state index in [2.05, 4.69) is 45.2 Å². The maximum Gasteiger partial charge on any atom is 0.323 e. The van der Waals surface area contributed by atoms with Gasteiger partial charge in [0.1, 0.15) is 0 Å². The number of benzene rings is 1. The predicted molar refractivity (Wildman–Crippen MR) is 85.7 cm³/mol. The van der Waals surface area contributed by atoms with Crippen LogP contribution in [0.5, 0.6) is 0 Å². The number of hydrogen-bond acceptors (Lipinski definition) is 4. The lowest BCUT2D eigenvalue weighted by molar-refractivity contribution is -0.168. The van der Waals surface area contributed by atoms with Crippen LogP contribution in [0, 0.1) is 12.6 Å². The molecular formula is C13H12I2O4. The summed E-state index contributed by atoms with van der Waals surface area (Å²) in [5.41, 5.74) is 0.860. The van der Waals surface area contributed by atoms with E-state index < -0.39 is 17.4 Å². The smallest absolute Gasteiger partial charge is 0.323 e. The van der Waals surface area contributed by atoms with E-state index in [1.54, 1.807) is 0 Å². The fourth-order valence-corrected chi connectivity index (χ4v) is 3.84. The van der Waals surface area contributed by atoms with E-state index >= 15 is 0 Å². The van der Waals surface area contributed by atoms with Gasteiger partial charge >= 0.3 is 11.9 Å². The first-order chi connectivity index (χ1) is 8.96. The Balaban J connectivity index is 2.54. The second kappa shape index (κ2) is 5.55. The molecule has 0 heterocycles. The summed E-state index contributed by atoms with van der Waals surface area (Å²) in [6.45, 7) is 0. The summed E-state index contributed by atoms with van der Waals surface area (Å²) in [5, 5.41) is 0. The van der Waals surface area contributed by atoms with Crippen LogP contribution in [0.3, 0.4) is 0 Å². The van der Waals surface area contributed by atoms with Crippen molar-refractivity contribution in [3.05, 3.63) is 30.4 Å². The number of carbonyl (C=O) groups excluding carboxylic acids is 2. The van der Waals surface area contributed by atoms with Crippen LogP contribution < -0.4 is 0 Å². The van der Waals surface area contributed by atoms with Crippen molar-refractivity contribution >= 4 is 57.1 Å². The second-order valence-corrected chi connectivity index (χ2v) is 6.73. The fraction of sp³-hybridized carbons (Fsp3) is 0.385. The highest BCUT2D eigenvalue weighted by molar-refractivity contribution is 14.1. The molecule has 102 valence electrons. The SMILES string of the molecule is COC(=O)C1(C(=O)OC)Cc2c(I)ccc(I)c2C1. The Labute approximate surface area is 138 Å². The molecule has 1 aromatic carbocycles. The Morgan fingerprint density at radius 3 is 1.68 bits per heavy atom. The lowest BCUT2D eigenvalue weighted by Crippen LogP contribution is -2.42. The summed E-state index contributed by atoms with van der Waals surface area (Å²) in [7, 11) is 2.60. The van der Waals surface area contributed by atoms with Crippen LogP contribution in [0.15, 0.2) is 12.1 Å². The molecule has 0 saturated heterocycles. The standard InChI is InChI=1S/C13H12I2O4/c1-18-11(16)13(12(17)19-2)5-7-8(6-13)10(15)4-3-9(7)14/h3-4H,5-6H2,1-2H3. The molecule has 0 saturated carbocycles. The lowest BCUT2D eigenvalue weighted by Gasteiger charge is -2.22. The van der Waals surface area contributed by atoms with Crippen LogP contribution in [0.4, 0.5) is 0 Å². The van der Waals surface area contributed by atoms with Crippen molar-refractivity contribution in [2.75, 3.05) is 14.2 Å². The molecule has 4 nitrogen and oxygen atoms in total. The number of esters is 2. The Kier molecular flexibility index (Phi) is 4.38. The van der Waals surface area contributed by atoms with Gasteiger partial charge in [0.2, 0.25) is 0 Å². The van der Waals surface area contributed by atoms with Gasteiger partial charge in [-0.25, -0.2) is 0 Å². The van der Waals surface area contributed by atoms with Crippen LogP contribution in [0.2, 0.25) is 0 Å². The van der Waals surface area contributed by atoms with Gasteiger partial charge in [-0.2, -0.15) is 0 Å². The summed E-state index contributed by atoms with van der Waals surface area (Å²) in [6.07, 6.45) is 0.688. The summed E-state index contributed by atoms with van der Waals surface area (Å²) in [6, 6.07) is 3.98. The normalized spacial score (nSPS) is 15.8. The molecule has 0 aromatic heterocycles. The Bertz CT molecular complexity index is 505. The number of ether oxygens (including phenoxy) is 2. The molecule has 0 radical (unpaired) electrons. The lowest BCUT2D eigenvalue weighted by atomic mass is 9.85. The number of carbonyl (C=O) groups is 2. The molecule has 1 aliphatic rings. The van der Waals surface area contributed by atoms with Crippen LogP contribution in [-0.4, -0.2) is 26.2 Å². The third-order valence-electron chi connectivity index (χ3n) is 3.43. The Morgan fingerprint density at radius 2 is 1.37 bits per heavy atom. The first-order valence-corrected chi connectivity index (χ1v) is 7.74. The second-order valence-electron chi connectivity index (χ2n) is 4.41. The van der Waals surface area contributed by atoms with E-state index in [4.69, 9.17) is 9.47 Å². The zero-order chi connectivity index (χ0) is 14.2. The Morgan fingerprint density at radius 1 is 1.00 bits per heavy atom. The molecule has 0 amide bonds. The Hall–Kier alpha value is -0.380. The van der Waals surface area contributed by atoms with Gasteiger partial charge in [0.25, 0.3) is 0 Å². The minimum atomic E-state index is -1.23. The van der Waals surface area contributed by atoms with Crippen molar-refractivity contribution in [2.24, 2.45) is 5.41 Å². The third-order valence-corrected chi connectivity index (χ3v) is 5.45. The fourth-order valence-electron chi connectivity index (χ4n) is 2.45. The number of fused-ring (bicyclic) bond motifs is 1. The monoisotopic (exact) mass is 486 g/mol. The molecule has 0 fully saturated rings. The van der Waals surface area contributed by atoms with Gasteiger partial charge < -0.3 is 9.47 Å². The van der Waals surface area contributed by atoms with Crippen molar-refractivity contribution in [1.29, 1.82) is 0 Å². The molecule has 0 atom stereocenters. The molecule has 1 aliphatic carbocycles. The van der Waals surface area contributed by atoms with Crippen LogP contribution in [0.1, 0.15) is 11.1 Å². The van der Waals surface area contributed by atoms with E-state index in [-0.39, 0.29) is 0 Å². The molecule has 2 rings (SSSR count). The minimum Gasteiger partial charge on any atom is -0.468 e. The largest absolute Gasteiger partial charge is 0.468 e. The van der Waals surface area contributed by atoms with Gasteiger partial charge in [-0.1, -0.05) is 0 Å². The molecule has 0 spiro atoms. The van der Waals surface area contributed by atoms with Gasteiger partial charge in [-0.15, -0.1) is 0 Å². The van der Waals surface area contributed by atoms with Gasteiger partial charge in [0, 0.05) is 20.0 Å². The summed E-state index contributed by atoms with van der Waals surface area (Å²) in [5.74, 6) is -1.05. The van der Waals surface area contributed by atoms with Gasteiger partial charge in [-0.3, -0.25) is 9.59 Å². The van der Waals surface area contributed by atoms with Crippen molar-refractivity contribution in [1.82, 2.24) is 0 Å². The van der Waals surface area contributed by atoms with Crippen molar-refractivity contribution in [2.45, 2.75) is 12.8 Å². The molecular weight excluding hydrogens is 474 g/mol. The first kappa shape index (κ1) is 15.0. The van der Waals surface area contributed by atoms with Gasteiger partial charge in [0.15, 0.2) is 5.41 Å². The maximum atomic E-state index is 12.1. The van der Waals surface area contributed by atoms with Gasteiger partial charge in [-0.05, 0) is 68.4 Å². The zero-order valence-corrected chi connectivity index (χ0v) is 14.8. The highest BCUT2D eigenvalue weighted by Crippen LogP contribution is 2.42. The molecule has 1 aromatic rings. The third kappa shape index (κ3) is 2.37. The predicted octanol–water partition coefficient (Wildman–Crippen LogP) is 2.33. The number of halogens is 2. The zero-order valence-electron chi connectivity index (χ0n) is 10.5. The molecule has 0 unspecified atom stereocenters. The van der Waals surface area contributed by atoms with Gasteiger partial charge in [0.05, 0.1) is 14.2 Å². The quantitative estimate of drug-likeness (QED) is 0.366. The van der Waals surface area contributed by atoms with Crippen LogP contribution in [0.25, 0.3) is 0 Å². The molecule has 0 N–H and O–H groups in total. The van der Waals surface area contributed by atoms with Crippen LogP contribution >= 0.6 is 45.2 Å². The van der Waals surface area contributed by atoms with E-state index in [1.807, 2.05) is 12.1 Å². The molecule has 6 heteroatoms. The van der Waals surface area contributed by atoms with E-state index in [0.29, 0.717) is 12.8 Å². The van der Waals surface area contributed by atoms with E-state index in [1.165, 1.54) is 14.2 Å². The molecule has 0 bridgehead atoms. The number of methoxy groups -OCH3 is 2. The topological polar surface area (TPSA) is 52.6 Å². The summed E-state index contributed by atoms with van der Waals surface area (Å²) < 4.78 is 11.8. The van der Waals surface area contributed by atoms with Crippen LogP contribution in [-0.2, 0) is 31.9 Å². The van der Waals surface area contributed by atoms with E-state index in [9.17, 15) is 9.59 Å².